The molecule has 2 aromatic rings. The van der Waals surface area contributed by atoms with Gasteiger partial charge in [-0.25, -0.2) is 0 Å². The molecule has 0 aliphatic heterocycles. The third kappa shape index (κ3) is 2.86. The second-order valence-corrected chi connectivity index (χ2v) is 4.42. The average Bonchev–Trinajstić information content (AvgIpc) is 2.69. The number of hydrogen-bond donors (Lipinski definition) is 0. The van der Waals surface area contributed by atoms with E-state index in [0.29, 0.717) is 11.0 Å². The Labute approximate surface area is 104 Å². The van der Waals surface area contributed by atoms with Gasteiger partial charge in [0.1, 0.15) is 11.3 Å². The SMILES string of the molecule is CCCCCc1cc2cc(C(F)(F)F)ccc2o1. The van der Waals surface area contributed by atoms with Crippen molar-refractivity contribution in [2.45, 2.75) is 38.8 Å². The lowest BCUT2D eigenvalue weighted by Crippen LogP contribution is -2.03. The Balaban J connectivity index is 2.23. The fraction of sp³-hybridized carbons (Fsp3) is 0.429. The van der Waals surface area contributed by atoms with Crippen molar-refractivity contribution in [3.8, 4) is 0 Å². The summed E-state index contributed by atoms with van der Waals surface area (Å²) in [6, 6.07) is 5.30. The van der Waals surface area contributed by atoms with Crippen molar-refractivity contribution in [3.63, 3.8) is 0 Å². The van der Waals surface area contributed by atoms with E-state index in [2.05, 4.69) is 6.92 Å². The molecular weight excluding hydrogens is 241 g/mol. The van der Waals surface area contributed by atoms with Crippen LogP contribution in [0.4, 0.5) is 13.2 Å². The van der Waals surface area contributed by atoms with E-state index in [1.165, 1.54) is 6.07 Å². The van der Waals surface area contributed by atoms with Crippen LogP contribution in [0.15, 0.2) is 28.7 Å². The summed E-state index contributed by atoms with van der Waals surface area (Å²) in [6.45, 7) is 2.11. The van der Waals surface area contributed by atoms with Crippen LogP contribution in [0, 0.1) is 0 Å². The number of alkyl halides is 3. The van der Waals surface area contributed by atoms with E-state index in [-0.39, 0.29) is 0 Å². The van der Waals surface area contributed by atoms with Crippen molar-refractivity contribution in [2.24, 2.45) is 0 Å². The van der Waals surface area contributed by atoms with Crippen LogP contribution in [0.5, 0.6) is 0 Å². The van der Waals surface area contributed by atoms with Crippen molar-refractivity contribution >= 4 is 11.0 Å². The number of unbranched alkanes of at least 4 members (excludes halogenated alkanes) is 2. The number of benzene rings is 1. The Kier molecular flexibility index (Phi) is 3.64. The summed E-state index contributed by atoms with van der Waals surface area (Å²) in [6.07, 6.45) is -0.302. The number of halogens is 3. The largest absolute Gasteiger partial charge is 0.461 e. The van der Waals surface area contributed by atoms with Crippen molar-refractivity contribution < 1.29 is 17.6 Å². The molecule has 0 spiro atoms. The highest BCUT2D eigenvalue weighted by atomic mass is 19.4. The fourth-order valence-corrected chi connectivity index (χ4v) is 1.95. The Hall–Kier alpha value is -1.45. The lowest BCUT2D eigenvalue weighted by atomic mass is 10.1. The van der Waals surface area contributed by atoms with E-state index in [1.54, 1.807) is 6.07 Å². The van der Waals surface area contributed by atoms with Crippen molar-refractivity contribution in [2.75, 3.05) is 0 Å². The molecule has 0 radical (unpaired) electrons. The summed E-state index contributed by atoms with van der Waals surface area (Å²) in [5.74, 6) is 0.762. The van der Waals surface area contributed by atoms with E-state index >= 15 is 0 Å². The molecule has 4 heteroatoms. The number of hydrogen-bond acceptors (Lipinski definition) is 1. The first-order valence-electron chi connectivity index (χ1n) is 6.10. The molecule has 1 nitrogen and oxygen atoms in total. The zero-order valence-corrected chi connectivity index (χ0v) is 10.2. The van der Waals surface area contributed by atoms with Crippen LogP contribution < -0.4 is 0 Å². The van der Waals surface area contributed by atoms with Crippen LogP contribution in [-0.2, 0) is 12.6 Å². The minimum Gasteiger partial charge on any atom is -0.461 e. The summed E-state index contributed by atoms with van der Waals surface area (Å²) < 4.78 is 43.1. The lowest BCUT2D eigenvalue weighted by molar-refractivity contribution is -0.137. The molecule has 0 N–H and O–H groups in total. The molecule has 2 rings (SSSR count). The predicted octanol–water partition coefficient (Wildman–Crippen LogP) is 5.18. The van der Waals surface area contributed by atoms with Gasteiger partial charge in [0.2, 0.25) is 0 Å². The van der Waals surface area contributed by atoms with E-state index < -0.39 is 11.7 Å². The van der Waals surface area contributed by atoms with Crippen LogP contribution in [0.1, 0.15) is 37.5 Å². The molecule has 1 heterocycles. The number of rotatable bonds is 4. The summed E-state index contributed by atoms with van der Waals surface area (Å²) >= 11 is 0. The van der Waals surface area contributed by atoms with Crippen molar-refractivity contribution in [3.05, 3.63) is 35.6 Å². The molecular formula is C14H15F3O. The van der Waals surface area contributed by atoms with E-state index in [0.717, 1.165) is 43.6 Å². The highest BCUT2D eigenvalue weighted by Gasteiger charge is 2.30. The monoisotopic (exact) mass is 256 g/mol. The first-order valence-corrected chi connectivity index (χ1v) is 6.10. The topological polar surface area (TPSA) is 13.1 Å². The molecule has 0 bridgehead atoms. The van der Waals surface area contributed by atoms with Gasteiger partial charge in [-0.3, -0.25) is 0 Å². The average molecular weight is 256 g/mol. The summed E-state index contributed by atoms with van der Waals surface area (Å²) in [7, 11) is 0. The van der Waals surface area contributed by atoms with Gasteiger partial charge in [0.15, 0.2) is 0 Å². The van der Waals surface area contributed by atoms with Gasteiger partial charge >= 0.3 is 6.18 Å². The van der Waals surface area contributed by atoms with Gasteiger partial charge in [0.25, 0.3) is 0 Å². The molecule has 0 saturated heterocycles. The molecule has 98 valence electrons. The maximum Gasteiger partial charge on any atom is 0.416 e. The second kappa shape index (κ2) is 5.04. The Bertz CT molecular complexity index is 525. The number of furan rings is 1. The minimum absolute atomic E-state index is 0.523. The molecule has 1 aromatic carbocycles. The van der Waals surface area contributed by atoms with Gasteiger partial charge in [-0.1, -0.05) is 19.8 Å². The second-order valence-electron chi connectivity index (χ2n) is 4.42. The van der Waals surface area contributed by atoms with Crippen molar-refractivity contribution in [1.29, 1.82) is 0 Å². The zero-order chi connectivity index (χ0) is 13.2. The van der Waals surface area contributed by atoms with Crippen LogP contribution in [0.25, 0.3) is 11.0 Å². The molecule has 0 aliphatic rings. The predicted molar refractivity (Wildman–Crippen MR) is 64.4 cm³/mol. The van der Waals surface area contributed by atoms with E-state index in [4.69, 9.17) is 4.42 Å². The van der Waals surface area contributed by atoms with E-state index in [1.807, 2.05) is 0 Å². The van der Waals surface area contributed by atoms with Crippen LogP contribution in [0.3, 0.4) is 0 Å². The normalized spacial score (nSPS) is 12.2. The Morgan fingerprint density at radius 2 is 1.89 bits per heavy atom. The standard InChI is InChI=1S/C14H15F3O/c1-2-3-4-5-12-9-10-8-11(14(15,16)17)6-7-13(10)18-12/h6-9H,2-5H2,1H3. The van der Waals surface area contributed by atoms with Crippen LogP contribution in [0.2, 0.25) is 0 Å². The molecule has 0 unspecified atom stereocenters. The molecule has 0 saturated carbocycles. The van der Waals surface area contributed by atoms with Crippen LogP contribution in [-0.4, -0.2) is 0 Å². The summed E-state index contributed by atoms with van der Waals surface area (Å²) in [5, 5.41) is 0.524. The molecule has 0 atom stereocenters. The van der Waals surface area contributed by atoms with Crippen molar-refractivity contribution in [1.82, 2.24) is 0 Å². The Morgan fingerprint density at radius 1 is 1.11 bits per heavy atom. The zero-order valence-electron chi connectivity index (χ0n) is 10.2. The van der Waals surface area contributed by atoms with Gasteiger partial charge in [0.05, 0.1) is 5.56 Å². The van der Waals surface area contributed by atoms with Gasteiger partial charge in [-0.05, 0) is 30.7 Å². The summed E-state index contributed by atoms with van der Waals surface area (Å²) in [4.78, 5) is 0. The maximum absolute atomic E-state index is 12.5. The highest BCUT2D eigenvalue weighted by molar-refractivity contribution is 5.78. The third-order valence-electron chi connectivity index (χ3n) is 2.92. The maximum atomic E-state index is 12.5. The molecule has 0 amide bonds. The van der Waals surface area contributed by atoms with Gasteiger partial charge in [0, 0.05) is 11.8 Å². The third-order valence-corrected chi connectivity index (χ3v) is 2.92. The van der Waals surface area contributed by atoms with Crippen LogP contribution >= 0.6 is 0 Å². The number of fused-ring (bicyclic) bond motifs is 1. The quantitative estimate of drug-likeness (QED) is 0.686. The lowest BCUT2D eigenvalue weighted by Gasteiger charge is -2.04. The fourth-order valence-electron chi connectivity index (χ4n) is 1.95. The molecule has 1 aromatic heterocycles. The smallest absolute Gasteiger partial charge is 0.416 e. The highest BCUT2D eigenvalue weighted by Crippen LogP contribution is 2.32. The first-order chi connectivity index (χ1) is 8.50. The van der Waals surface area contributed by atoms with Gasteiger partial charge in [-0.2, -0.15) is 13.2 Å². The summed E-state index contributed by atoms with van der Waals surface area (Å²) in [5.41, 5.74) is -0.106. The Morgan fingerprint density at radius 3 is 2.56 bits per heavy atom. The molecule has 0 fully saturated rings. The van der Waals surface area contributed by atoms with E-state index in [9.17, 15) is 13.2 Å². The first kappa shape index (κ1) is 13.0. The van der Waals surface area contributed by atoms with Gasteiger partial charge < -0.3 is 4.42 Å². The minimum atomic E-state index is -4.30. The number of aryl methyl sites for hydroxylation is 1. The molecule has 18 heavy (non-hydrogen) atoms. The van der Waals surface area contributed by atoms with Gasteiger partial charge in [-0.15, -0.1) is 0 Å². The molecule has 0 aliphatic carbocycles.